The average molecular weight is 384 g/mol. The summed E-state index contributed by atoms with van der Waals surface area (Å²) in [7, 11) is 0. The molecule has 0 N–H and O–H groups in total. The summed E-state index contributed by atoms with van der Waals surface area (Å²) in [5, 5.41) is 0.919. The third kappa shape index (κ3) is 3.53. The molecular formula is C18H13ClF3NO3. The van der Waals surface area contributed by atoms with Crippen molar-refractivity contribution in [2.75, 3.05) is 0 Å². The second-order valence-electron chi connectivity index (χ2n) is 5.77. The van der Waals surface area contributed by atoms with Crippen LogP contribution in [0.4, 0.5) is 13.2 Å². The van der Waals surface area contributed by atoms with Crippen molar-refractivity contribution < 1.29 is 17.6 Å². The second-order valence-corrected chi connectivity index (χ2v) is 6.17. The molecule has 0 aliphatic carbocycles. The van der Waals surface area contributed by atoms with Crippen molar-refractivity contribution in [2.45, 2.75) is 26.1 Å². The molecule has 0 radical (unpaired) electrons. The molecule has 0 aliphatic rings. The number of fused-ring (bicyclic) bond motifs is 1. The molecule has 0 unspecified atom stereocenters. The summed E-state index contributed by atoms with van der Waals surface area (Å²) in [5.41, 5.74) is -0.824. The van der Waals surface area contributed by atoms with E-state index in [0.29, 0.717) is 22.4 Å². The van der Waals surface area contributed by atoms with E-state index in [2.05, 4.69) is 0 Å². The van der Waals surface area contributed by atoms with Gasteiger partial charge in [0, 0.05) is 28.7 Å². The molecule has 0 spiro atoms. The number of aryl methyl sites for hydroxylation is 1. The fourth-order valence-electron chi connectivity index (χ4n) is 2.70. The van der Waals surface area contributed by atoms with Gasteiger partial charge in [-0.25, -0.2) is 4.79 Å². The fourth-order valence-corrected chi connectivity index (χ4v) is 2.99. The Labute approximate surface area is 150 Å². The standard InChI is InChI=1S/C18H13ClF3NO3/c1-2-10-5-15-13(7-14(10)19)11(6-17(25)26-15)8-23-9-12(18(20,21)22)3-4-16(23)24/h3-7,9H,2,8H2,1H3. The highest BCUT2D eigenvalue weighted by Gasteiger charge is 2.31. The Morgan fingerprint density at radius 3 is 2.50 bits per heavy atom. The van der Waals surface area contributed by atoms with Gasteiger partial charge in [0.05, 0.1) is 12.1 Å². The van der Waals surface area contributed by atoms with Gasteiger partial charge >= 0.3 is 11.8 Å². The molecule has 0 saturated heterocycles. The molecule has 0 fully saturated rings. The number of nitrogens with zero attached hydrogens (tertiary/aromatic N) is 1. The summed E-state index contributed by atoms with van der Waals surface area (Å²) < 4.78 is 44.7. The summed E-state index contributed by atoms with van der Waals surface area (Å²) in [5.74, 6) is 0. The predicted molar refractivity (Wildman–Crippen MR) is 91.7 cm³/mol. The first-order chi connectivity index (χ1) is 12.2. The molecule has 3 aromatic rings. The van der Waals surface area contributed by atoms with Crippen LogP contribution in [0.1, 0.15) is 23.6 Å². The Balaban J connectivity index is 2.17. The summed E-state index contributed by atoms with van der Waals surface area (Å²) in [6, 6.07) is 5.93. The third-order valence-corrected chi connectivity index (χ3v) is 4.38. The minimum atomic E-state index is -4.58. The molecule has 2 heterocycles. The van der Waals surface area contributed by atoms with Crippen LogP contribution in [0.15, 0.2) is 50.5 Å². The molecule has 0 amide bonds. The van der Waals surface area contributed by atoms with Crippen molar-refractivity contribution in [3.63, 3.8) is 0 Å². The molecular weight excluding hydrogens is 371 g/mol. The lowest BCUT2D eigenvalue weighted by Crippen LogP contribution is -2.22. The third-order valence-electron chi connectivity index (χ3n) is 4.03. The molecule has 3 rings (SSSR count). The molecule has 0 bridgehead atoms. The monoisotopic (exact) mass is 383 g/mol. The number of aromatic nitrogens is 1. The van der Waals surface area contributed by atoms with Crippen LogP contribution in [0.5, 0.6) is 0 Å². The van der Waals surface area contributed by atoms with Gasteiger partial charge in [0.2, 0.25) is 0 Å². The van der Waals surface area contributed by atoms with Crippen LogP contribution in [-0.2, 0) is 19.1 Å². The zero-order chi connectivity index (χ0) is 19.1. The first-order valence-electron chi connectivity index (χ1n) is 7.72. The Bertz CT molecular complexity index is 1100. The van der Waals surface area contributed by atoms with Crippen molar-refractivity contribution in [1.29, 1.82) is 0 Å². The first kappa shape index (κ1) is 18.3. The number of halogens is 4. The van der Waals surface area contributed by atoms with Crippen LogP contribution < -0.4 is 11.2 Å². The Morgan fingerprint density at radius 1 is 1.12 bits per heavy atom. The normalized spacial score (nSPS) is 11.9. The van der Waals surface area contributed by atoms with Gasteiger partial charge in [-0.15, -0.1) is 0 Å². The van der Waals surface area contributed by atoms with E-state index in [-0.39, 0.29) is 12.1 Å². The van der Waals surface area contributed by atoms with Gasteiger partial charge in [-0.05, 0) is 35.7 Å². The van der Waals surface area contributed by atoms with E-state index < -0.39 is 22.9 Å². The first-order valence-corrected chi connectivity index (χ1v) is 8.09. The van der Waals surface area contributed by atoms with Crippen molar-refractivity contribution in [3.05, 3.63) is 79.0 Å². The predicted octanol–water partition coefficient (Wildman–Crippen LogP) is 4.24. The van der Waals surface area contributed by atoms with E-state index in [4.69, 9.17) is 16.0 Å². The average Bonchev–Trinajstić information content (AvgIpc) is 2.55. The number of hydrogen-bond donors (Lipinski definition) is 0. The maximum atomic E-state index is 12.9. The summed E-state index contributed by atoms with van der Waals surface area (Å²) in [6.45, 7) is 1.67. The molecule has 136 valence electrons. The van der Waals surface area contributed by atoms with Crippen LogP contribution in [0.25, 0.3) is 11.0 Å². The number of hydrogen-bond acceptors (Lipinski definition) is 3. The minimum Gasteiger partial charge on any atom is -0.423 e. The van der Waals surface area contributed by atoms with Crippen molar-refractivity contribution in [1.82, 2.24) is 4.57 Å². The topological polar surface area (TPSA) is 52.2 Å². The highest BCUT2D eigenvalue weighted by molar-refractivity contribution is 6.32. The highest BCUT2D eigenvalue weighted by atomic mass is 35.5. The highest BCUT2D eigenvalue weighted by Crippen LogP contribution is 2.29. The summed E-state index contributed by atoms with van der Waals surface area (Å²) in [4.78, 5) is 23.8. The van der Waals surface area contributed by atoms with Gasteiger partial charge in [0.15, 0.2) is 0 Å². The lowest BCUT2D eigenvalue weighted by molar-refractivity contribution is -0.138. The zero-order valence-corrected chi connectivity index (χ0v) is 14.3. The lowest BCUT2D eigenvalue weighted by Gasteiger charge is -2.12. The summed E-state index contributed by atoms with van der Waals surface area (Å²) in [6.07, 6.45) is -3.23. The molecule has 4 nitrogen and oxygen atoms in total. The molecule has 8 heteroatoms. The molecule has 0 aliphatic heterocycles. The quantitative estimate of drug-likeness (QED) is 0.636. The number of pyridine rings is 1. The molecule has 0 atom stereocenters. The van der Waals surface area contributed by atoms with Crippen molar-refractivity contribution in [3.8, 4) is 0 Å². The van der Waals surface area contributed by atoms with Gasteiger partial charge in [-0.3, -0.25) is 4.79 Å². The molecule has 0 saturated carbocycles. The number of rotatable bonds is 3. The van der Waals surface area contributed by atoms with E-state index in [0.717, 1.165) is 34.5 Å². The maximum absolute atomic E-state index is 12.9. The van der Waals surface area contributed by atoms with Crippen LogP contribution in [-0.4, -0.2) is 4.57 Å². The van der Waals surface area contributed by atoms with Gasteiger partial charge in [-0.2, -0.15) is 13.2 Å². The number of alkyl halides is 3. The van der Waals surface area contributed by atoms with Gasteiger partial charge < -0.3 is 8.98 Å². The maximum Gasteiger partial charge on any atom is 0.417 e. The number of benzene rings is 1. The molecule has 1 aromatic carbocycles. The van der Waals surface area contributed by atoms with Crippen molar-refractivity contribution >= 4 is 22.6 Å². The van der Waals surface area contributed by atoms with E-state index in [1.165, 1.54) is 0 Å². The zero-order valence-electron chi connectivity index (χ0n) is 13.6. The SMILES string of the molecule is CCc1cc2oc(=O)cc(Cn3cc(C(F)(F)F)ccc3=O)c2cc1Cl. The second kappa shape index (κ2) is 6.64. The van der Waals surface area contributed by atoms with Gasteiger partial charge in [0.25, 0.3) is 5.56 Å². The molecule has 26 heavy (non-hydrogen) atoms. The van der Waals surface area contributed by atoms with Gasteiger partial charge in [0.1, 0.15) is 5.58 Å². The Hall–Kier alpha value is -2.54. The fraction of sp³-hybridized carbons (Fsp3) is 0.222. The Kier molecular flexibility index (Phi) is 4.66. The van der Waals surface area contributed by atoms with Gasteiger partial charge in [-0.1, -0.05) is 18.5 Å². The van der Waals surface area contributed by atoms with E-state index in [1.807, 2.05) is 6.92 Å². The lowest BCUT2D eigenvalue weighted by atomic mass is 10.1. The largest absolute Gasteiger partial charge is 0.423 e. The van der Waals surface area contributed by atoms with E-state index >= 15 is 0 Å². The van der Waals surface area contributed by atoms with Crippen LogP contribution in [0.3, 0.4) is 0 Å². The summed E-state index contributed by atoms with van der Waals surface area (Å²) >= 11 is 6.20. The Morgan fingerprint density at radius 2 is 1.85 bits per heavy atom. The van der Waals surface area contributed by atoms with Crippen LogP contribution >= 0.6 is 11.6 Å². The van der Waals surface area contributed by atoms with Crippen LogP contribution in [0.2, 0.25) is 5.02 Å². The van der Waals surface area contributed by atoms with Crippen molar-refractivity contribution in [2.24, 2.45) is 0 Å². The minimum absolute atomic E-state index is 0.216. The molecule has 2 aromatic heterocycles. The van der Waals surface area contributed by atoms with E-state index in [1.54, 1.807) is 12.1 Å². The smallest absolute Gasteiger partial charge is 0.417 e. The van der Waals surface area contributed by atoms with E-state index in [9.17, 15) is 22.8 Å². The van der Waals surface area contributed by atoms with Crippen LogP contribution in [0, 0.1) is 0 Å².